The molecule has 0 saturated carbocycles. The number of hydrogen-bond acceptors (Lipinski definition) is 7. The quantitative estimate of drug-likeness (QED) is 0.436. The van der Waals surface area contributed by atoms with E-state index in [1.54, 1.807) is 18.1 Å². The molecule has 1 aromatic carbocycles. The van der Waals surface area contributed by atoms with Gasteiger partial charge in [0.25, 0.3) is 0 Å². The number of nitrogens with one attached hydrogen (secondary N) is 1. The van der Waals surface area contributed by atoms with Gasteiger partial charge in [0.15, 0.2) is 0 Å². The number of rotatable bonds is 6. The number of likely N-dealkylation sites (N-methyl/N-ethyl adjacent to an activating group) is 1. The molecule has 29 heavy (non-hydrogen) atoms. The van der Waals surface area contributed by atoms with Crippen LogP contribution in [0, 0.1) is 5.82 Å². The van der Waals surface area contributed by atoms with Crippen molar-refractivity contribution in [3.8, 4) is 5.88 Å². The van der Waals surface area contributed by atoms with E-state index >= 15 is 0 Å². The van der Waals surface area contributed by atoms with Crippen molar-refractivity contribution in [2.24, 2.45) is 0 Å². The zero-order chi connectivity index (χ0) is 21.2. The summed E-state index contributed by atoms with van der Waals surface area (Å²) in [4.78, 5) is 27.2. The van der Waals surface area contributed by atoms with Crippen molar-refractivity contribution in [2.75, 3.05) is 46.9 Å². The largest absolute Gasteiger partial charge is 0.480 e. The first-order valence-corrected chi connectivity index (χ1v) is 9.84. The Morgan fingerprint density at radius 1 is 1.34 bits per heavy atom. The minimum absolute atomic E-state index is 0.0604. The number of carbonyl (C=O) groups excluding carboxylic acids is 2. The summed E-state index contributed by atoms with van der Waals surface area (Å²) in [6.07, 6.45) is 3.39. The lowest BCUT2D eigenvalue weighted by atomic mass is 10.1. The van der Waals surface area contributed by atoms with Crippen molar-refractivity contribution >= 4 is 34.9 Å². The number of pyridine rings is 1. The maximum absolute atomic E-state index is 14.1. The number of aldehydes is 1. The zero-order valence-corrected chi connectivity index (χ0v) is 17.4. The number of benzene rings is 1. The fourth-order valence-electron chi connectivity index (χ4n) is 2.67. The highest BCUT2D eigenvalue weighted by atomic mass is 32.2. The summed E-state index contributed by atoms with van der Waals surface area (Å²) in [5.74, 6) is -0.277. The lowest BCUT2D eigenvalue weighted by Gasteiger charge is -2.31. The Hall–Kier alpha value is -2.49. The third-order valence-electron chi connectivity index (χ3n) is 4.23. The molecule has 2 heterocycles. The second-order valence-electron chi connectivity index (χ2n) is 6.23. The van der Waals surface area contributed by atoms with Crippen molar-refractivity contribution in [3.05, 3.63) is 42.9 Å². The van der Waals surface area contributed by atoms with Crippen LogP contribution >= 0.6 is 11.9 Å². The lowest BCUT2D eigenvalue weighted by molar-refractivity contribution is -0.118. The molecule has 1 aromatic heterocycles. The SMILES string of the molecule is C=CC(=O)NCC=O.COc1nccc2c(SN3CCN(C)CC3)ccc(F)c12. The molecule has 0 unspecified atom stereocenters. The highest BCUT2D eigenvalue weighted by Crippen LogP contribution is 2.35. The summed E-state index contributed by atoms with van der Waals surface area (Å²) in [7, 11) is 3.65. The minimum atomic E-state index is -0.322. The molecule has 1 aliphatic rings. The zero-order valence-electron chi connectivity index (χ0n) is 16.6. The van der Waals surface area contributed by atoms with Crippen molar-refractivity contribution in [1.29, 1.82) is 0 Å². The molecule has 2 aromatic rings. The van der Waals surface area contributed by atoms with Crippen LogP contribution in [0.25, 0.3) is 10.8 Å². The number of nitrogens with zero attached hydrogens (tertiary/aromatic N) is 3. The van der Waals surface area contributed by atoms with E-state index in [-0.39, 0.29) is 18.3 Å². The molecule has 156 valence electrons. The van der Waals surface area contributed by atoms with Gasteiger partial charge in [0.1, 0.15) is 12.1 Å². The maximum Gasteiger partial charge on any atom is 0.243 e. The van der Waals surface area contributed by atoms with Crippen molar-refractivity contribution in [1.82, 2.24) is 19.5 Å². The van der Waals surface area contributed by atoms with Gasteiger partial charge in [-0.15, -0.1) is 0 Å². The number of ether oxygens (including phenoxy) is 1. The Morgan fingerprint density at radius 2 is 2.07 bits per heavy atom. The molecule has 7 nitrogen and oxygen atoms in total. The number of aromatic nitrogens is 1. The Morgan fingerprint density at radius 3 is 2.69 bits per heavy atom. The van der Waals surface area contributed by atoms with Crippen LogP contribution in [0.3, 0.4) is 0 Å². The normalized spacial score (nSPS) is 14.6. The summed E-state index contributed by atoms with van der Waals surface area (Å²) in [5, 5.41) is 3.57. The van der Waals surface area contributed by atoms with Gasteiger partial charge >= 0.3 is 0 Å². The second kappa shape index (κ2) is 11.5. The van der Waals surface area contributed by atoms with Gasteiger partial charge in [0.05, 0.1) is 19.0 Å². The van der Waals surface area contributed by atoms with Gasteiger partial charge < -0.3 is 19.7 Å². The number of fused-ring (bicyclic) bond motifs is 1. The first-order chi connectivity index (χ1) is 14.0. The van der Waals surface area contributed by atoms with Gasteiger partial charge in [0.2, 0.25) is 11.8 Å². The number of methoxy groups -OCH3 is 1. The maximum atomic E-state index is 14.1. The van der Waals surface area contributed by atoms with Crippen LogP contribution in [0.15, 0.2) is 41.9 Å². The van der Waals surface area contributed by atoms with Gasteiger partial charge in [-0.2, -0.15) is 0 Å². The smallest absolute Gasteiger partial charge is 0.243 e. The predicted molar refractivity (Wildman–Crippen MR) is 112 cm³/mol. The van der Waals surface area contributed by atoms with Crippen LogP contribution in [0.4, 0.5) is 4.39 Å². The molecular weight excluding hydrogens is 395 g/mol. The van der Waals surface area contributed by atoms with E-state index in [4.69, 9.17) is 4.74 Å². The molecule has 1 aliphatic heterocycles. The highest BCUT2D eigenvalue weighted by Gasteiger charge is 2.18. The molecule has 0 spiro atoms. The van der Waals surface area contributed by atoms with Crippen LogP contribution in [0.1, 0.15) is 0 Å². The van der Waals surface area contributed by atoms with Gasteiger partial charge in [-0.3, -0.25) is 4.79 Å². The van der Waals surface area contributed by atoms with Gasteiger partial charge in [0, 0.05) is 42.7 Å². The number of hydrogen-bond donors (Lipinski definition) is 1. The molecule has 9 heteroatoms. The fourth-order valence-corrected chi connectivity index (χ4v) is 3.69. The number of piperazine rings is 1. The van der Waals surface area contributed by atoms with Crippen LogP contribution in [-0.4, -0.2) is 73.3 Å². The van der Waals surface area contributed by atoms with E-state index in [9.17, 15) is 14.0 Å². The van der Waals surface area contributed by atoms with Crippen molar-refractivity contribution in [3.63, 3.8) is 0 Å². The molecule has 0 bridgehead atoms. The topological polar surface area (TPSA) is 74.8 Å². The number of amides is 1. The Balaban J connectivity index is 0.000000321. The number of halogens is 1. The highest BCUT2D eigenvalue weighted by molar-refractivity contribution is 7.97. The molecule has 1 saturated heterocycles. The third-order valence-corrected chi connectivity index (χ3v) is 5.41. The summed E-state index contributed by atoms with van der Waals surface area (Å²) in [6, 6.07) is 5.17. The van der Waals surface area contributed by atoms with Crippen molar-refractivity contribution < 1.29 is 18.7 Å². The lowest BCUT2D eigenvalue weighted by Crippen LogP contribution is -2.40. The summed E-state index contributed by atoms with van der Waals surface area (Å²) in [6.45, 7) is 7.36. The first kappa shape index (κ1) is 22.8. The Labute approximate surface area is 174 Å². The Kier molecular flexibility index (Phi) is 9.04. The van der Waals surface area contributed by atoms with E-state index in [2.05, 4.69) is 33.1 Å². The molecular formula is C20H25FN4O3S. The van der Waals surface area contributed by atoms with Crippen LogP contribution < -0.4 is 10.1 Å². The molecule has 0 radical (unpaired) electrons. The van der Waals surface area contributed by atoms with E-state index in [0.717, 1.165) is 42.5 Å². The van der Waals surface area contributed by atoms with Crippen LogP contribution in [0.5, 0.6) is 5.88 Å². The Bertz CT molecular complexity index is 857. The van der Waals surface area contributed by atoms with E-state index in [1.807, 2.05) is 12.1 Å². The standard InChI is InChI=1S/C15H18FN3OS.C5H7NO2/c1-18-7-9-19(10-8-18)21-13-4-3-12(16)14-11(13)5-6-17-15(14)20-2;1-2-5(8)6-3-4-7/h3-6H,7-10H2,1-2H3;2,4H,1,3H2,(H,6,8). The van der Waals surface area contributed by atoms with Gasteiger partial charge in [-0.1, -0.05) is 6.58 Å². The first-order valence-electron chi connectivity index (χ1n) is 9.06. The average molecular weight is 421 g/mol. The van der Waals surface area contributed by atoms with Gasteiger partial charge in [-0.05, 0) is 43.3 Å². The molecule has 1 amide bonds. The molecule has 1 fully saturated rings. The van der Waals surface area contributed by atoms with Crippen LogP contribution in [0.2, 0.25) is 0 Å². The number of carbonyl (C=O) groups is 2. The summed E-state index contributed by atoms with van der Waals surface area (Å²) < 4.78 is 21.6. The van der Waals surface area contributed by atoms with Crippen molar-refractivity contribution in [2.45, 2.75) is 4.90 Å². The minimum Gasteiger partial charge on any atom is -0.480 e. The summed E-state index contributed by atoms with van der Waals surface area (Å²) in [5.41, 5.74) is 0. The third kappa shape index (κ3) is 6.52. The predicted octanol–water partition coefficient (Wildman–Crippen LogP) is 2.12. The van der Waals surface area contributed by atoms with E-state index < -0.39 is 0 Å². The molecule has 3 rings (SSSR count). The van der Waals surface area contributed by atoms with Gasteiger partial charge in [-0.25, -0.2) is 13.7 Å². The molecule has 1 N–H and O–H groups in total. The molecule has 0 aliphatic carbocycles. The second-order valence-corrected chi connectivity index (χ2v) is 7.37. The van der Waals surface area contributed by atoms with Crippen LogP contribution in [-0.2, 0) is 9.59 Å². The van der Waals surface area contributed by atoms with E-state index in [0.29, 0.717) is 17.6 Å². The van der Waals surface area contributed by atoms with E-state index in [1.165, 1.54) is 13.2 Å². The monoisotopic (exact) mass is 420 g/mol. The average Bonchev–Trinajstić information content (AvgIpc) is 2.75. The molecule has 0 atom stereocenters. The summed E-state index contributed by atoms with van der Waals surface area (Å²) >= 11 is 1.68. The fraction of sp³-hybridized carbons (Fsp3) is 0.350.